The van der Waals surface area contributed by atoms with Gasteiger partial charge in [-0.3, -0.25) is 9.59 Å². The molecule has 8 heteroatoms. The first-order chi connectivity index (χ1) is 14.5. The van der Waals surface area contributed by atoms with Gasteiger partial charge in [-0.05, 0) is 48.7 Å². The maximum absolute atomic E-state index is 13.1. The summed E-state index contributed by atoms with van der Waals surface area (Å²) >= 11 is 0. The second-order valence-electron chi connectivity index (χ2n) is 7.52. The summed E-state index contributed by atoms with van der Waals surface area (Å²) in [6.07, 6.45) is 3.43. The molecule has 2 amide bonds. The monoisotopic (exact) mass is 415 g/mol. The summed E-state index contributed by atoms with van der Waals surface area (Å²) in [4.78, 5) is 28.8. The molecule has 2 aromatic rings. The number of hydrogen-bond acceptors (Lipinski definition) is 6. The molecular formula is C22H29N3O5. The van der Waals surface area contributed by atoms with Crippen molar-refractivity contribution in [3.05, 3.63) is 47.9 Å². The minimum atomic E-state index is -0.232. The SMILES string of the molecule is COCC(=O)Nc1ccc(N(C)C)c(CN(C[C@H]2CCCO2)C(=O)c2ccco2)c1. The molecular weight excluding hydrogens is 386 g/mol. The second-order valence-corrected chi connectivity index (χ2v) is 7.52. The first-order valence-electron chi connectivity index (χ1n) is 10.0. The molecule has 1 aromatic heterocycles. The van der Waals surface area contributed by atoms with Crippen LogP contribution in [0.2, 0.25) is 0 Å². The van der Waals surface area contributed by atoms with Gasteiger partial charge in [0.15, 0.2) is 5.76 Å². The number of nitrogens with zero attached hydrogens (tertiary/aromatic N) is 2. The van der Waals surface area contributed by atoms with Crippen LogP contribution in [-0.2, 0) is 20.8 Å². The number of ether oxygens (including phenoxy) is 2. The van der Waals surface area contributed by atoms with Crippen LogP contribution in [0.25, 0.3) is 0 Å². The summed E-state index contributed by atoms with van der Waals surface area (Å²) in [5.74, 6) is -0.123. The van der Waals surface area contributed by atoms with Crippen LogP contribution < -0.4 is 10.2 Å². The Morgan fingerprint density at radius 2 is 2.10 bits per heavy atom. The van der Waals surface area contributed by atoms with E-state index in [0.717, 1.165) is 30.7 Å². The summed E-state index contributed by atoms with van der Waals surface area (Å²) in [7, 11) is 5.37. The van der Waals surface area contributed by atoms with E-state index < -0.39 is 0 Å². The Hall–Kier alpha value is -2.84. The summed E-state index contributed by atoms with van der Waals surface area (Å²) in [5.41, 5.74) is 2.53. The highest BCUT2D eigenvalue weighted by Gasteiger charge is 2.26. The molecule has 162 valence electrons. The van der Waals surface area contributed by atoms with Gasteiger partial charge >= 0.3 is 0 Å². The van der Waals surface area contributed by atoms with E-state index in [0.29, 0.717) is 24.5 Å². The first-order valence-corrected chi connectivity index (χ1v) is 10.0. The average molecular weight is 415 g/mol. The number of benzene rings is 1. The van der Waals surface area contributed by atoms with Crippen LogP contribution in [0.15, 0.2) is 41.0 Å². The molecule has 1 aliphatic rings. The molecule has 1 atom stereocenters. The van der Waals surface area contributed by atoms with Crippen molar-refractivity contribution in [1.82, 2.24) is 4.90 Å². The van der Waals surface area contributed by atoms with Crippen molar-refractivity contribution in [1.29, 1.82) is 0 Å². The van der Waals surface area contributed by atoms with E-state index >= 15 is 0 Å². The van der Waals surface area contributed by atoms with Crippen LogP contribution in [-0.4, -0.2) is 63.8 Å². The molecule has 0 aliphatic carbocycles. The predicted molar refractivity (Wildman–Crippen MR) is 114 cm³/mol. The number of amides is 2. The predicted octanol–water partition coefficient (Wildman–Crippen LogP) is 2.75. The number of nitrogens with one attached hydrogen (secondary N) is 1. The number of carbonyl (C=O) groups is 2. The lowest BCUT2D eigenvalue weighted by Crippen LogP contribution is -2.37. The average Bonchev–Trinajstić information content (AvgIpc) is 3.41. The number of carbonyl (C=O) groups excluding carboxylic acids is 2. The van der Waals surface area contributed by atoms with Crippen molar-refractivity contribution < 1.29 is 23.5 Å². The van der Waals surface area contributed by atoms with E-state index in [1.54, 1.807) is 17.0 Å². The van der Waals surface area contributed by atoms with E-state index in [1.165, 1.54) is 13.4 Å². The number of methoxy groups -OCH3 is 1. The minimum Gasteiger partial charge on any atom is -0.459 e. The highest BCUT2D eigenvalue weighted by atomic mass is 16.5. The standard InChI is InChI=1S/C22H29N3O5/c1-24(2)19-9-8-17(23-21(26)15-28-3)12-16(19)13-25(14-18-6-4-10-29-18)22(27)20-7-5-11-30-20/h5,7-9,11-12,18H,4,6,10,13-15H2,1-3H3,(H,23,26)/t18-/m1/s1. The van der Waals surface area contributed by atoms with Crippen molar-refractivity contribution >= 4 is 23.2 Å². The molecule has 0 saturated carbocycles. The van der Waals surface area contributed by atoms with Crippen LogP contribution in [0.5, 0.6) is 0 Å². The van der Waals surface area contributed by atoms with Crippen molar-refractivity contribution in [2.45, 2.75) is 25.5 Å². The van der Waals surface area contributed by atoms with Gasteiger partial charge in [0.05, 0.1) is 12.4 Å². The van der Waals surface area contributed by atoms with Gasteiger partial charge in [0.25, 0.3) is 5.91 Å². The molecule has 1 saturated heterocycles. The Balaban J connectivity index is 1.86. The molecule has 0 radical (unpaired) electrons. The van der Waals surface area contributed by atoms with Crippen LogP contribution in [0.3, 0.4) is 0 Å². The maximum atomic E-state index is 13.1. The quantitative estimate of drug-likeness (QED) is 0.678. The zero-order chi connectivity index (χ0) is 21.5. The van der Waals surface area contributed by atoms with Gasteiger partial charge in [-0.2, -0.15) is 0 Å². The smallest absolute Gasteiger partial charge is 0.289 e. The molecule has 3 rings (SSSR count). The molecule has 30 heavy (non-hydrogen) atoms. The topological polar surface area (TPSA) is 84.3 Å². The van der Waals surface area contributed by atoms with Gasteiger partial charge in [-0.15, -0.1) is 0 Å². The van der Waals surface area contributed by atoms with E-state index in [4.69, 9.17) is 13.9 Å². The number of anilines is 2. The van der Waals surface area contributed by atoms with Crippen molar-refractivity contribution in [2.75, 3.05) is 51.2 Å². The Labute approximate surface area is 176 Å². The van der Waals surface area contributed by atoms with Gasteiger partial charge in [0, 0.05) is 52.3 Å². The number of hydrogen-bond donors (Lipinski definition) is 1. The van der Waals surface area contributed by atoms with Gasteiger partial charge in [-0.25, -0.2) is 0 Å². The summed E-state index contributed by atoms with van der Waals surface area (Å²) < 4.78 is 16.0. The lowest BCUT2D eigenvalue weighted by atomic mass is 10.1. The molecule has 1 aromatic carbocycles. The van der Waals surface area contributed by atoms with Crippen molar-refractivity contribution in [3.8, 4) is 0 Å². The number of rotatable bonds is 9. The largest absolute Gasteiger partial charge is 0.459 e. The first kappa shape index (κ1) is 21.9. The highest BCUT2D eigenvalue weighted by Crippen LogP contribution is 2.26. The van der Waals surface area contributed by atoms with Gasteiger partial charge in [0.2, 0.25) is 5.91 Å². The third-order valence-electron chi connectivity index (χ3n) is 4.95. The third kappa shape index (κ3) is 5.61. The normalized spacial score (nSPS) is 15.8. The van der Waals surface area contributed by atoms with Crippen LogP contribution >= 0.6 is 0 Å². The maximum Gasteiger partial charge on any atom is 0.289 e. The van der Waals surface area contributed by atoms with Gasteiger partial charge in [-0.1, -0.05) is 0 Å². The highest BCUT2D eigenvalue weighted by molar-refractivity contribution is 5.93. The molecule has 8 nitrogen and oxygen atoms in total. The molecule has 1 aliphatic heterocycles. The fourth-order valence-electron chi connectivity index (χ4n) is 3.57. The second kappa shape index (κ2) is 10.3. The molecule has 1 N–H and O–H groups in total. The van der Waals surface area contributed by atoms with Crippen molar-refractivity contribution in [2.24, 2.45) is 0 Å². The zero-order valence-corrected chi connectivity index (χ0v) is 17.7. The van der Waals surface area contributed by atoms with Crippen molar-refractivity contribution in [3.63, 3.8) is 0 Å². The van der Waals surface area contributed by atoms with Gasteiger partial charge < -0.3 is 29.0 Å². The van der Waals surface area contributed by atoms with Crippen LogP contribution in [0, 0.1) is 0 Å². The molecule has 0 bridgehead atoms. The Morgan fingerprint density at radius 3 is 2.73 bits per heavy atom. The van der Waals surface area contributed by atoms with Gasteiger partial charge in [0.1, 0.15) is 6.61 Å². The zero-order valence-electron chi connectivity index (χ0n) is 17.7. The van der Waals surface area contributed by atoms with Crippen LogP contribution in [0.1, 0.15) is 29.0 Å². The molecule has 1 fully saturated rings. The number of furan rings is 1. The Morgan fingerprint density at radius 1 is 1.27 bits per heavy atom. The van der Waals surface area contributed by atoms with E-state index in [9.17, 15) is 9.59 Å². The molecule has 0 unspecified atom stereocenters. The van der Waals surface area contributed by atoms with E-state index in [2.05, 4.69) is 5.32 Å². The van der Waals surface area contributed by atoms with E-state index in [-0.39, 0.29) is 24.5 Å². The van der Waals surface area contributed by atoms with Crippen LogP contribution in [0.4, 0.5) is 11.4 Å². The summed E-state index contributed by atoms with van der Waals surface area (Å²) in [5, 5.41) is 2.82. The summed E-state index contributed by atoms with van der Waals surface area (Å²) in [6.45, 7) is 1.54. The van der Waals surface area contributed by atoms with E-state index in [1.807, 2.05) is 37.2 Å². The Bertz CT molecular complexity index is 844. The fraction of sp³-hybridized carbons (Fsp3) is 0.455. The third-order valence-corrected chi connectivity index (χ3v) is 4.95. The molecule has 0 spiro atoms. The molecule has 2 heterocycles. The minimum absolute atomic E-state index is 0.0105. The Kier molecular flexibility index (Phi) is 7.48. The fourth-order valence-corrected chi connectivity index (χ4v) is 3.57. The lowest BCUT2D eigenvalue weighted by molar-refractivity contribution is -0.119. The lowest BCUT2D eigenvalue weighted by Gasteiger charge is -2.27. The summed E-state index contributed by atoms with van der Waals surface area (Å²) in [6, 6.07) is 9.03.